The van der Waals surface area contributed by atoms with E-state index in [-0.39, 0.29) is 11.8 Å². The molecule has 1 heterocycles. The molecule has 1 rings (SSSR count). The van der Waals surface area contributed by atoms with Crippen molar-refractivity contribution in [2.45, 2.75) is 45.8 Å². The van der Waals surface area contributed by atoms with Crippen LogP contribution >= 0.6 is 11.8 Å². The quantitative estimate of drug-likeness (QED) is 0.774. The summed E-state index contributed by atoms with van der Waals surface area (Å²) in [6.45, 7) is 7.01. The van der Waals surface area contributed by atoms with E-state index in [1.54, 1.807) is 14.0 Å². The summed E-state index contributed by atoms with van der Waals surface area (Å²) in [6.07, 6.45) is 0.00999. The van der Waals surface area contributed by atoms with Crippen molar-refractivity contribution in [3.8, 4) is 0 Å². The molecule has 0 aromatic rings. The third-order valence-electron chi connectivity index (χ3n) is 2.18. The first-order valence-corrected chi connectivity index (χ1v) is 6.84. The topological polar surface area (TPSA) is 59.0 Å². The molecule has 18 heavy (non-hydrogen) atoms. The molecule has 0 bridgehead atoms. The summed E-state index contributed by atoms with van der Waals surface area (Å²) in [7, 11) is 1.63. The normalized spacial score (nSPS) is 19.4. The molecule has 1 unspecified atom stereocenters. The molecule has 0 aromatic heterocycles. The highest BCUT2D eigenvalue weighted by Gasteiger charge is 2.27. The molecule has 0 aliphatic carbocycles. The molecule has 0 radical (unpaired) electrons. The molecular weight excluding hydrogens is 252 g/mol. The number of aliphatic imine (C=N–C) groups is 1. The Morgan fingerprint density at radius 1 is 1.50 bits per heavy atom. The summed E-state index contributed by atoms with van der Waals surface area (Å²) in [5.41, 5.74) is -0.520. The van der Waals surface area contributed by atoms with E-state index in [4.69, 9.17) is 4.74 Å². The van der Waals surface area contributed by atoms with Crippen molar-refractivity contribution in [1.82, 2.24) is 4.90 Å². The summed E-state index contributed by atoms with van der Waals surface area (Å²) in [5.74, 6) is 0.854. The smallest absolute Gasteiger partial charge is 0.416 e. The van der Waals surface area contributed by atoms with E-state index in [2.05, 4.69) is 4.99 Å². The average molecular weight is 272 g/mol. The van der Waals surface area contributed by atoms with Gasteiger partial charge >= 0.3 is 6.09 Å². The largest absolute Gasteiger partial charge is 0.443 e. The van der Waals surface area contributed by atoms with E-state index in [1.807, 2.05) is 20.8 Å². The van der Waals surface area contributed by atoms with Crippen LogP contribution in [0.4, 0.5) is 4.79 Å². The summed E-state index contributed by atoms with van der Waals surface area (Å²) in [4.78, 5) is 28.6. The lowest BCUT2D eigenvalue weighted by Gasteiger charge is -2.24. The van der Waals surface area contributed by atoms with Crippen molar-refractivity contribution < 1.29 is 14.3 Å². The Morgan fingerprint density at radius 3 is 2.61 bits per heavy atom. The fourth-order valence-electron chi connectivity index (χ4n) is 1.43. The van der Waals surface area contributed by atoms with Gasteiger partial charge in [0.05, 0.1) is 6.04 Å². The maximum atomic E-state index is 11.8. The SMILES string of the molecule is CC(=O)CC1CSC(N(C)C(=O)OC(C)(C)C)=N1. The zero-order valence-electron chi connectivity index (χ0n) is 11.5. The van der Waals surface area contributed by atoms with Crippen molar-refractivity contribution in [3.63, 3.8) is 0 Å². The minimum absolute atomic E-state index is 0.0209. The van der Waals surface area contributed by atoms with Crippen LogP contribution in [0.25, 0.3) is 0 Å². The van der Waals surface area contributed by atoms with E-state index < -0.39 is 11.7 Å². The highest BCUT2D eigenvalue weighted by molar-refractivity contribution is 8.14. The average Bonchev–Trinajstić information content (AvgIpc) is 2.61. The first-order valence-electron chi connectivity index (χ1n) is 5.86. The third-order valence-corrected chi connectivity index (χ3v) is 3.36. The number of ether oxygens (including phenoxy) is 1. The maximum absolute atomic E-state index is 11.8. The Bertz CT molecular complexity index is 374. The Kier molecular flexibility index (Phi) is 4.78. The first-order chi connectivity index (χ1) is 8.19. The molecule has 1 amide bonds. The molecular formula is C12H20N2O3S. The van der Waals surface area contributed by atoms with Gasteiger partial charge in [-0.1, -0.05) is 11.8 Å². The summed E-state index contributed by atoms with van der Waals surface area (Å²) in [5, 5.41) is 0.621. The monoisotopic (exact) mass is 272 g/mol. The number of hydrogen-bond donors (Lipinski definition) is 0. The summed E-state index contributed by atoms with van der Waals surface area (Å²) >= 11 is 1.48. The van der Waals surface area contributed by atoms with Crippen LogP contribution in [0, 0.1) is 0 Å². The molecule has 0 saturated heterocycles. The van der Waals surface area contributed by atoms with E-state index in [9.17, 15) is 9.59 Å². The molecule has 6 heteroatoms. The number of hydrogen-bond acceptors (Lipinski definition) is 5. The number of nitrogens with zero attached hydrogens (tertiary/aromatic N) is 2. The lowest BCUT2D eigenvalue weighted by atomic mass is 10.2. The van der Waals surface area contributed by atoms with Crippen LogP contribution in [0.1, 0.15) is 34.1 Å². The van der Waals surface area contributed by atoms with Crippen molar-refractivity contribution in [2.24, 2.45) is 4.99 Å². The second-order valence-electron chi connectivity index (χ2n) is 5.32. The molecule has 0 spiro atoms. The Hall–Kier alpha value is -1.04. The van der Waals surface area contributed by atoms with E-state index in [0.29, 0.717) is 11.6 Å². The number of amidine groups is 1. The van der Waals surface area contributed by atoms with Gasteiger partial charge < -0.3 is 4.74 Å². The molecule has 0 N–H and O–H groups in total. The van der Waals surface area contributed by atoms with Gasteiger partial charge in [0.2, 0.25) is 0 Å². The van der Waals surface area contributed by atoms with Crippen LogP contribution in [-0.2, 0) is 9.53 Å². The number of carbonyl (C=O) groups excluding carboxylic acids is 2. The molecule has 0 aromatic carbocycles. The third kappa shape index (κ3) is 4.68. The van der Waals surface area contributed by atoms with Crippen LogP contribution in [0.5, 0.6) is 0 Å². The fourth-order valence-corrected chi connectivity index (χ4v) is 2.46. The fraction of sp³-hybridized carbons (Fsp3) is 0.750. The molecule has 5 nitrogen and oxygen atoms in total. The van der Waals surface area contributed by atoms with Crippen molar-refractivity contribution in [3.05, 3.63) is 0 Å². The number of thioether (sulfide) groups is 1. The molecule has 102 valence electrons. The van der Waals surface area contributed by atoms with Gasteiger partial charge in [-0.05, 0) is 27.7 Å². The molecule has 0 saturated carbocycles. The predicted molar refractivity (Wildman–Crippen MR) is 73.0 cm³/mol. The van der Waals surface area contributed by atoms with Crippen LogP contribution < -0.4 is 0 Å². The maximum Gasteiger partial charge on any atom is 0.416 e. The Labute approximate surface area is 112 Å². The summed E-state index contributed by atoms with van der Waals surface area (Å²) < 4.78 is 5.25. The predicted octanol–water partition coefficient (Wildman–Crippen LogP) is 2.30. The molecule has 1 aliphatic heterocycles. The highest BCUT2D eigenvalue weighted by atomic mass is 32.2. The number of carbonyl (C=O) groups is 2. The van der Waals surface area contributed by atoms with Crippen LogP contribution in [0.2, 0.25) is 0 Å². The van der Waals surface area contributed by atoms with Gasteiger partial charge in [0.25, 0.3) is 0 Å². The van der Waals surface area contributed by atoms with Crippen LogP contribution in [0.15, 0.2) is 4.99 Å². The van der Waals surface area contributed by atoms with Crippen LogP contribution in [-0.4, -0.2) is 46.4 Å². The number of ketones is 1. The molecule has 1 aliphatic rings. The number of amides is 1. The minimum atomic E-state index is -0.520. The van der Waals surface area contributed by atoms with Crippen molar-refractivity contribution >= 4 is 28.8 Å². The van der Waals surface area contributed by atoms with Gasteiger partial charge in [-0.3, -0.25) is 14.7 Å². The van der Waals surface area contributed by atoms with Gasteiger partial charge in [-0.15, -0.1) is 0 Å². The minimum Gasteiger partial charge on any atom is -0.443 e. The van der Waals surface area contributed by atoms with E-state index >= 15 is 0 Å². The summed E-state index contributed by atoms with van der Waals surface area (Å²) in [6, 6.07) is -0.0209. The second-order valence-corrected chi connectivity index (χ2v) is 6.31. The highest BCUT2D eigenvalue weighted by Crippen LogP contribution is 2.23. The van der Waals surface area contributed by atoms with Gasteiger partial charge in [-0.25, -0.2) is 4.79 Å². The van der Waals surface area contributed by atoms with E-state index in [0.717, 1.165) is 5.75 Å². The van der Waals surface area contributed by atoms with Gasteiger partial charge in [-0.2, -0.15) is 0 Å². The zero-order chi connectivity index (χ0) is 13.9. The molecule has 1 atom stereocenters. The standard InChI is InChI=1S/C12H20N2O3S/c1-8(15)6-9-7-18-10(13-9)14(5)11(16)17-12(2,3)4/h9H,6-7H2,1-5H3. The lowest BCUT2D eigenvalue weighted by molar-refractivity contribution is -0.117. The second kappa shape index (κ2) is 5.73. The zero-order valence-corrected chi connectivity index (χ0v) is 12.3. The Balaban J connectivity index is 2.60. The Morgan fingerprint density at radius 2 is 2.11 bits per heavy atom. The number of rotatable bonds is 2. The van der Waals surface area contributed by atoms with Gasteiger partial charge in [0.1, 0.15) is 11.4 Å². The number of Topliss-reactive ketones (excluding diaryl/α,β-unsaturated/α-hetero) is 1. The van der Waals surface area contributed by atoms with Gasteiger partial charge in [0.15, 0.2) is 5.17 Å². The van der Waals surface area contributed by atoms with Crippen molar-refractivity contribution in [2.75, 3.05) is 12.8 Å². The van der Waals surface area contributed by atoms with Gasteiger partial charge in [0, 0.05) is 19.2 Å². The molecule has 0 fully saturated rings. The van der Waals surface area contributed by atoms with Crippen LogP contribution in [0.3, 0.4) is 0 Å². The van der Waals surface area contributed by atoms with Crippen molar-refractivity contribution in [1.29, 1.82) is 0 Å². The van der Waals surface area contributed by atoms with E-state index in [1.165, 1.54) is 16.7 Å². The lowest BCUT2D eigenvalue weighted by Crippen LogP contribution is -2.36. The first kappa shape index (κ1) is 15.0.